The first-order valence-electron chi connectivity index (χ1n) is 24.4. The molecule has 12 N–H and O–H groups in total. The molecular weight excluding hydrogens is 865 g/mol. The molecule has 18 heteroatoms. The third-order valence-electron chi connectivity index (χ3n) is 18.9. The second-order valence-corrected chi connectivity index (χ2v) is 22.7. The fourth-order valence-corrected chi connectivity index (χ4v) is 14.9. The lowest BCUT2D eigenvalue weighted by Crippen LogP contribution is -2.68. The van der Waals surface area contributed by atoms with Gasteiger partial charge in [0.1, 0.15) is 73.2 Å². The lowest BCUT2D eigenvalue weighted by Gasteiger charge is -2.68. The Kier molecular flexibility index (Phi) is 15.9. The van der Waals surface area contributed by atoms with E-state index in [1.807, 2.05) is 13.8 Å². The van der Waals surface area contributed by atoms with E-state index >= 15 is 0 Å². The van der Waals surface area contributed by atoms with E-state index in [1.165, 1.54) is 0 Å². The van der Waals surface area contributed by atoms with E-state index in [1.54, 1.807) is 6.08 Å². The Balaban J connectivity index is 1.15. The van der Waals surface area contributed by atoms with Crippen LogP contribution in [0.4, 0.5) is 0 Å². The molecule has 18 nitrogen and oxygen atoms in total. The van der Waals surface area contributed by atoms with Gasteiger partial charge >= 0.3 is 0 Å². The largest absolute Gasteiger partial charge is 0.394 e. The number of rotatable bonds is 13. The van der Waals surface area contributed by atoms with Gasteiger partial charge in [-0.25, -0.2) is 0 Å². The minimum Gasteiger partial charge on any atom is -0.394 e. The number of fused-ring (bicyclic) bond motifs is 5. The molecule has 4 saturated carbocycles. The summed E-state index contributed by atoms with van der Waals surface area (Å²) in [6.07, 6.45) is -18.1. The standard InChI is InChI=1S/C48H82O18/c1-21(2)17-26(52)32(53)22(3)23-11-15-48(8)25-9-10-30-45(4,5)31(13-14-46(30,6)24(25)12-16-47(23,48)7)64-44-41(66-43-39(60)37(58)34(55)28(19-50)62-43)40(35(56)29(20-51)63-44)65-42-38(59)36(57)33(54)27(18-49)61-42/h17,22-44,49-60H,9-16,18-20H2,1-8H3/t22-,23+,24-,25+,26+,27-,28-,29+,30+,31+,32-,33+,34-,35+,36-,37+,38+,39+,40-,41+,42+,43+,44-,46+,47+,48-/m1/s1. The fourth-order valence-electron chi connectivity index (χ4n) is 14.9. The highest BCUT2D eigenvalue weighted by atomic mass is 16.8. The molecule has 26 atom stereocenters. The van der Waals surface area contributed by atoms with Crippen molar-refractivity contribution in [3.8, 4) is 0 Å². The van der Waals surface area contributed by atoms with Crippen LogP contribution in [-0.2, 0) is 28.4 Å². The fraction of sp³-hybridized carbons (Fsp3) is 0.958. The summed E-state index contributed by atoms with van der Waals surface area (Å²) in [5, 5.41) is 129. The highest BCUT2D eigenvalue weighted by molar-refractivity contribution is 5.17. The van der Waals surface area contributed by atoms with E-state index in [0.717, 1.165) is 50.5 Å². The molecule has 0 aromatic heterocycles. The van der Waals surface area contributed by atoms with Crippen LogP contribution in [0.25, 0.3) is 0 Å². The van der Waals surface area contributed by atoms with Gasteiger partial charge in [0, 0.05) is 0 Å². The Bertz CT molecular complexity index is 1660. The molecular formula is C48H82O18. The maximum absolute atomic E-state index is 11.7. The zero-order valence-corrected chi connectivity index (χ0v) is 40.0. The average Bonchev–Trinajstić information content (AvgIpc) is 3.56. The molecule has 0 amide bonds. The molecule has 7 aliphatic rings. The first-order valence-corrected chi connectivity index (χ1v) is 24.4. The molecule has 3 heterocycles. The third-order valence-corrected chi connectivity index (χ3v) is 18.9. The van der Waals surface area contributed by atoms with Crippen LogP contribution in [0.5, 0.6) is 0 Å². The Hall–Kier alpha value is -0.980. The predicted octanol–water partition coefficient (Wildman–Crippen LogP) is -0.171. The predicted molar refractivity (Wildman–Crippen MR) is 234 cm³/mol. The van der Waals surface area contributed by atoms with Gasteiger partial charge in [0.2, 0.25) is 0 Å². The molecule has 3 aliphatic heterocycles. The monoisotopic (exact) mass is 947 g/mol. The maximum atomic E-state index is 11.7. The summed E-state index contributed by atoms with van der Waals surface area (Å²) in [7, 11) is 0. The van der Waals surface area contributed by atoms with Crippen molar-refractivity contribution < 1.29 is 89.7 Å². The molecule has 66 heavy (non-hydrogen) atoms. The normalized spacial score (nSPS) is 51.8. The number of hydrogen-bond donors (Lipinski definition) is 12. The molecule has 7 rings (SSSR count). The Morgan fingerprint density at radius 3 is 1.64 bits per heavy atom. The zero-order valence-electron chi connectivity index (χ0n) is 40.0. The van der Waals surface area contributed by atoms with E-state index in [2.05, 4.69) is 41.5 Å². The summed E-state index contributed by atoms with van der Waals surface area (Å²) in [6, 6.07) is 0. The molecule has 7 fully saturated rings. The summed E-state index contributed by atoms with van der Waals surface area (Å²) in [6.45, 7) is 15.4. The van der Waals surface area contributed by atoms with Crippen molar-refractivity contribution in [3.05, 3.63) is 11.6 Å². The van der Waals surface area contributed by atoms with Crippen molar-refractivity contribution in [2.45, 2.75) is 217 Å². The SMILES string of the molecule is CC(C)=C[C@H](O)[C@H](O)[C@H](C)[C@@H]1CC[C@]2(C)[C@H]3CC[C@H]4C(C)(C)[C@@H](O[C@H]5O[C@@H](CO)[C@H](O)[C@@H](O[C@@H]6O[C@H](CO)[C@H](O)[C@@H](O)[C@@H]6O)[C@@H]5O[C@@H]5O[C@H](CO)[C@@H](O)[C@H](O)[C@@H]5O)CC[C@@]4(C)[C@@H]3CC[C@@]12C. The molecule has 0 aromatic carbocycles. The van der Waals surface area contributed by atoms with Crippen LogP contribution in [0.2, 0.25) is 0 Å². The van der Waals surface area contributed by atoms with Crippen LogP contribution in [0.3, 0.4) is 0 Å². The van der Waals surface area contributed by atoms with Crippen LogP contribution < -0.4 is 0 Å². The second kappa shape index (κ2) is 19.9. The number of hydrogen-bond acceptors (Lipinski definition) is 18. The molecule has 0 radical (unpaired) electrons. The smallest absolute Gasteiger partial charge is 0.187 e. The molecule has 0 aromatic rings. The van der Waals surface area contributed by atoms with Gasteiger partial charge < -0.3 is 89.7 Å². The topological polar surface area (TPSA) is 298 Å². The van der Waals surface area contributed by atoms with Gasteiger partial charge in [0.05, 0.1) is 38.1 Å². The summed E-state index contributed by atoms with van der Waals surface area (Å²) in [4.78, 5) is 0. The number of allylic oxidation sites excluding steroid dienone is 1. The minimum absolute atomic E-state index is 0.0192. The van der Waals surface area contributed by atoms with Crippen molar-refractivity contribution in [2.24, 2.45) is 51.2 Å². The lowest BCUT2D eigenvalue weighted by molar-refractivity contribution is -0.399. The summed E-state index contributed by atoms with van der Waals surface area (Å²) < 4.78 is 37.0. The van der Waals surface area contributed by atoms with E-state index in [0.29, 0.717) is 18.3 Å². The highest BCUT2D eigenvalue weighted by Gasteiger charge is 2.68. The summed E-state index contributed by atoms with van der Waals surface area (Å²) >= 11 is 0. The van der Waals surface area contributed by atoms with E-state index < -0.39 is 136 Å². The van der Waals surface area contributed by atoms with Crippen molar-refractivity contribution in [1.29, 1.82) is 0 Å². The first kappa shape index (κ1) is 52.8. The van der Waals surface area contributed by atoms with Gasteiger partial charge in [-0.3, -0.25) is 0 Å². The number of aliphatic hydroxyl groups excluding tert-OH is 12. The van der Waals surface area contributed by atoms with Crippen molar-refractivity contribution in [3.63, 3.8) is 0 Å². The van der Waals surface area contributed by atoms with Crippen molar-refractivity contribution >= 4 is 0 Å². The van der Waals surface area contributed by atoms with Gasteiger partial charge in [0.25, 0.3) is 0 Å². The Morgan fingerprint density at radius 2 is 1.09 bits per heavy atom. The van der Waals surface area contributed by atoms with Crippen LogP contribution in [0.1, 0.15) is 107 Å². The van der Waals surface area contributed by atoms with Crippen LogP contribution in [-0.4, -0.2) is 192 Å². The van der Waals surface area contributed by atoms with Gasteiger partial charge in [-0.1, -0.05) is 53.2 Å². The van der Waals surface area contributed by atoms with Gasteiger partial charge in [0.15, 0.2) is 18.9 Å². The Morgan fingerprint density at radius 1 is 0.576 bits per heavy atom. The van der Waals surface area contributed by atoms with E-state index in [9.17, 15) is 61.3 Å². The lowest BCUT2D eigenvalue weighted by atomic mass is 9.38. The molecule has 3 saturated heterocycles. The summed E-state index contributed by atoms with van der Waals surface area (Å²) in [5.41, 5.74) is 0.414. The second-order valence-electron chi connectivity index (χ2n) is 22.7. The van der Waals surface area contributed by atoms with Crippen molar-refractivity contribution in [2.75, 3.05) is 19.8 Å². The first-order chi connectivity index (χ1) is 30.9. The molecule has 4 aliphatic carbocycles. The Labute approximate surface area is 388 Å². The quantitative estimate of drug-likeness (QED) is 0.0843. The van der Waals surface area contributed by atoms with Gasteiger partial charge in [-0.15, -0.1) is 0 Å². The highest BCUT2D eigenvalue weighted by Crippen LogP contribution is 2.75. The molecule has 382 valence electrons. The zero-order chi connectivity index (χ0) is 48.6. The molecule has 0 unspecified atom stereocenters. The number of ether oxygens (including phenoxy) is 6. The third kappa shape index (κ3) is 8.90. The average molecular weight is 947 g/mol. The minimum atomic E-state index is -1.90. The summed E-state index contributed by atoms with van der Waals surface area (Å²) in [5.74, 6) is 1.23. The molecule has 0 bridgehead atoms. The van der Waals surface area contributed by atoms with Gasteiger partial charge in [-0.05, 0) is 116 Å². The maximum Gasteiger partial charge on any atom is 0.187 e. The van der Waals surface area contributed by atoms with Crippen LogP contribution in [0, 0.1) is 51.2 Å². The van der Waals surface area contributed by atoms with E-state index in [4.69, 9.17) is 28.4 Å². The van der Waals surface area contributed by atoms with E-state index in [-0.39, 0.29) is 34.0 Å². The van der Waals surface area contributed by atoms with Crippen molar-refractivity contribution in [1.82, 2.24) is 0 Å². The van der Waals surface area contributed by atoms with Crippen LogP contribution >= 0.6 is 0 Å². The number of aliphatic hydroxyl groups is 12. The van der Waals surface area contributed by atoms with Gasteiger partial charge in [-0.2, -0.15) is 0 Å². The molecule has 0 spiro atoms. The van der Waals surface area contributed by atoms with Crippen LogP contribution in [0.15, 0.2) is 11.6 Å².